The average molecular weight is 467 g/mol. The van der Waals surface area contributed by atoms with E-state index in [0.29, 0.717) is 12.1 Å². The summed E-state index contributed by atoms with van der Waals surface area (Å²) in [5.74, 6) is -2.02. The number of carbonyl (C=O) groups excluding carboxylic acids is 2. The summed E-state index contributed by atoms with van der Waals surface area (Å²) in [5, 5.41) is 11.0. The predicted octanol–water partition coefficient (Wildman–Crippen LogP) is 5.54. The Morgan fingerprint density at radius 1 is 0.912 bits per heavy atom. The lowest BCUT2D eigenvalue weighted by Crippen LogP contribution is -2.34. The number of aliphatic hydroxyl groups is 1. The van der Waals surface area contributed by atoms with Crippen molar-refractivity contribution in [3.63, 3.8) is 0 Å². The van der Waals surface area contributed by atoms with E-state index in [9.17, 15) is 19.1 Å². The second-order valence-electron chi connectivity index (χ2n) is 8.81. The van der Waals surface area contributed by atoms with Crippen molar-refractivity contribution in [3.8, 4) is 0 Å². The molecule has 5 nitrogen and oxygen atoms in total. The number of carbonyl (C=O) groups is 2. The van der Waals surface area contributed by atoms with Crippen LogP contribution in [0.5, 0.6) is 0 Å². The van der Waals surface area contributed by atoms with Crippen LogP contribution in [0.2, 0.25) is 0 Å². The molecule has 1 atom stereocenters. The zero-order chi connectivity index (χ0) is 24.5. The number of hydrogen-bond acceptors (Lipinski definition) is 4. The van der Waals surface area contributed by atoms with E-state index in [1.807, 2.05) is 30.3 Å². The third-order valence-corrected chi connectivity index (χ3v) is 6.30. The predicted molar refractivity (Wildman–Crippen MR) is 133 cm³/mol. The van der Waals surface area contributed by atoms with Gasteiger partial charge in [0, 0.05) is 12.1 Å². The highest BCUT2D eigenvalue weighted by Gasteiger charge is 2.45. The SMILES string of the molecule is CCCCN(CCCC)CCCN1C(=O)C(=O)/C(=C(\O)c2ccc(F)cc2)C1c1ccccc1. The Hall–Kier alpha value is -2.99. The summed E-state index contributed by atoms with van der Waals surface area (Å²) in [6.45, 7) is 7.68. The molecule has 1 saturated heterocycles. The van der Waals surface area contributed by atoms with Crippen molar-refractivity contribution in [1.82, 2.24) is 9.80 Å². The van der Waals surface area contributed by atoms with Gasteiger partial charge in [-0.2, -0.15) is 0 Å². The van der Waals surface area contributed by atoms with E-state index >= 15 is 0 Å². The Labute approximate surface area is 201 Å². The normalized spacial score (nSPS) is 17.6. The minimum Gasteiger partial charge on any atom is -0.507 e. The first-order valence-corrected chi connectivity index (χ1v) is 12.3. The van der Waals surface area contributed by atoms with E-state index in [1.54, 1.807) is 4.90 Å². The smallest absolute Gasteiger partial charge is 0.295 e. The molecule has 0 aliphatic carbocycles. The van der Waals surface area contributed by atoms with Crippen LogP contribution in [0, 0.1) is 5.82 Å². The minimum absolute atomic E-state index is 0.0524. The van der Waals surface area contributed by atoms with Crippen molar-refractivity contribution >= 4 is 17.4 Å². The average Bonchev–Trinajstić information content (AvgIpc) is 3.11. The summed E-state index contributed by atoms with van der Waals surface area (Å²) in [6, 6.07) is 13.9. The highest BCUT2D eigenvalue weighted by atomic mass is 19.1. The van der Waals surface area contributed by atoms with Crippen LogP contribution in [0.3, 0.4) is 0 Å². The number of hydrogen-bond donors (Lipinski definition) is 1. The molecule has 1 fully saturated rings. The zero-order valence-electron chi connectivity index (χ0n) is 20.2. The second-order valence-corrected chi connectivity index (χ2v) is 8.81. The topological polar surface area (TPSA) is 60.9 Å². The number of likely N-dealkylation sites (tertiary alicyclic amines) is 1. The lowest BCUT2D eigenvalue weighted by atomic mass is 9.95. The van der Waals surface area contributed by atoms with Crippen LogP contribution in [0.25, 0.3) is 5.76 Å². The van der Waals surface area contributed by atoms with Crippen LogP contribution in [-0.4, -0.2) is 52.8 Å². The van der Waals surface area contributed by atoms with Gasteiger partial charge in [0.15, 0.2) is 0 Å². The fourth-order valence-corrected chi connectivity index (χ4v) is 4.42. The third kappa shape index (κ3) is 6.11. The fourth-order valence-electron chi connectivity index (χ4n) is 4.42. The molecule has 34 heavy (non-hydrogen) atoms. The summed E-state index contributed by atoms with van der Waals surface area (Å²) < 4.78 is 13.4. The number of rotatable bonds is 12. The van der Waals surface area contributed by atoms with Gasteiger partial charge < -0.3 is 14.9 Å². The molecule has 1 heterocycles. The molecule has 182 valence electrons. The van der Waals surface area contributed by atoms with Gasteiger partial charge in [-0.15, -0.1) is 0 Å². The zero-order valence-corrected chi connectivity index (χ0v) is 20.2. The van der Waals surface area contributed by atoms with Crippen molar-refractivity contribution in [2.45, 2.75) is 52.0 Å². The number of ketones is 1. The maximum Gasteiger partial charge on any atom is 0.295 e. The Bertz CT molecular complexity index is 980. The van der Waals surface area contributed by atoms with E-state index in [0.717, 1.165) is 57.3 Å². The summed E-state index contributed by atoms with van der Waals surface area (Å²) in [5.41, 5.74) is 1.13. The first-order chi connectivity index (χ1) is 16.5. The maximum atomic E-state index is 13.4. The first kappa shape index (κ1) is 25.6. The van der Waals surface area contributed by atoms with Crippen molar-refractivity contribution in [3.05, 3.63) is 77.1 Å². The Morgan fingerprint density at radius 3 is 2.09 bits per heavy atom. The molecule has 2 aromatic rings. The minimum atomic E-state index is -0.704. The number of amides is 1. The second kappa shape index (κ2) is 12.5. The highest BCUT2D eigenvalue weighted by molar-refractivity contribution is 6.46. The van der Waals surface area contributed by atoms with Gasteiger partial charge in [0.1, 0.15) is 11.6 Å². The Kier molecular flexibility index (Phi) is 9.40. The first-order valence-electron chi connectivity index (χ1n) is 12.3. The van der Waals surface area contributed by atoms with Gasteiger partial charge in [-0.1, -0.05) is 57.0 Å². The van der Waals surface area contributed by atoms with E-state index < -0.39 is 23.5 Å². The summed E-state index contributed by atoms with van der Waals surface area (Å²) in [4.78, 5) is 30.1. The van der Waals surface area contributed by atoms with Crippen LogP contribution in [0.15, 0.2) is 60.2 Å². The molecular weight excluding hydrogens is 431 g/mol. The third-order valence-electron chi connectivity index (χ3n) is 6.30. The van der Waals surface area contributed by atoms with Crippen molar-refractivity contribution in [1.29, 1.82) is 0 Å². The molecular formula is C28H35FN2O3. The molecule has 1 N–H and O–H groups in total. The van der Waals surface area contributed by atoms with Crippen LogP contribution in [-0.2, 0) is 9.59 Å². The lowest BCUT2D eigenvalue weighted by Gasteiger charge is -2.27. The van der Waals surface area contributed by atoms with E-state index in [-0.39, 0.29) is 11.3 Å². The molecule has 0 bridgehead atoms. The highest BCUT2D eigenvalue weighted by Crippen LogP contribution is 2.39. The molecule has 0 spiro atoms. The molecule has 6 heteroatoms. The summed E-state index contributed by atoms with van der Waals surface area (Å²) >= 11 is 0. The van der Waals surface area contributed by atoms with Crippen LogP contribution < -0.4 is 0 Å². The Balaban J connectivity index is 1.87. The monoisotopic (exact) mass is 466 g/mol. The van der Waals surface area contributed by atoms with Gasteiger partial charge in [-0.25, -0.2) is 4.39 Å². The van der Waals surface area contributed by atoms with E-state index in [2.05, 4.69) is 18.7 Å². The molecule has 1 amide bonds. The van der Waals surface area contributed by atoms with Crippen LogP contribution >= 0.6 is 0 Å². The number of unbranched alkanes of at least 4 members (excludes halogenated alkanes) is 2. The van der Waals surface area contributed by atoms with Gasteiger partial charge >= 0.3 is 0 Å². The molecule has 0 radical (unpaired) electrons. The van der Waals surface area contributed by atoms with E-state index in [4.69, 9.17) is 0 Å². The number of nitrogens with zero attached hydrogens (tertiary/aromatic N) is 2. The van der Waals surface area contributed by atoms with E-state index in [1.165, 1.54) is 24.3 Å². The molecule has 1 aliphatic rings. The van der Waals surface area contributed by atoms with Crippen molar-refractivity contribution < 1.29 is 19.1 Å². The van der Waals surface area contributed by atoms with Crippen LogP contribution in [0.1, 0.15) is 63.1 Å². The van der Waals surface area contributed by atoms with Gasteiger partial charge in [0.25, 0.3) is 11.7 Å². The molecule has 0 aromatic heterocycles. The summed E-state index contributed by atoms with van der Waals surface area (Å²) in [6.07, 6.45) is 5.27. The maximum absolute atomic E-state index is 13.4. The van der Waals surface area contributed by atoms with Gasteiger partial charge in [-0.3, -0.25) is 9.59 Å². The standard InChI is InChI=1S/C28H35FN2O3/c1-3-5-17-30(18-6-4-2)19-10-20-31-25(21-11-8-7-9-12-21)24(27(33)28(31)34)26(32)22-13-15-23(29)16-14-22/h7-9,11-16,25,32H,3-6,10,17-20H2,1-2H3/b26-24-. The molecule has 3 rings (SSSR count). The lowest BCUT2D eigenvalue weighted by molar-refractivity contribution is -0.140. The molecule has 2 aromatic carbocycles. The van der Waals surface area contributed by atoms with Crippen LogP contribution in [0.4, 0.5) is 4.39 Å². The molecule has 0 saturated carbocycles. The van der Waals surface area contributed by atoms with Crippen molar-refractivity contribution in [2.75, 3.05) is 26.2 Å². The number of aliphatic hydroxyl groups excluding tert-OH is 1. The quantitative estimate of drug-likeness (QED) is 0.253. The number of benzene rings is 2. The fraction of sp³-hybridized carbons (Fsp3) is 0.429. The molecule has 1 unspecified atom stereocenters. The van der Waals surface area contributed by atoms with Gasteiger partial charge in [-0.05, 0) is 68.7 Å². The van der Waals surface area contributed by atoms with Crippen molar-refractivity contribution in [2.24, 2.45) is 0 Å². The van der Waals surface area contributed by atoms with Gasteiger partial charge in [0.2, 0.25) is 0 Å². The largest absolute Gasteiger partial charge is 0.507 e. The summed E-state index contributed by atoms with van der Waals surface area (Å²) in [7, 11) is 0. The number of Topliss-reactive ketones (excluding diaryl/α,β-unsaturated/α-hetero) is 1. The van der Waals surface area contributed by atoms with Gasteiger partial charge in [0.05, 0.1) is 11.6 Å². The Morgan fingerprint density at radius 2 is 1.50 bits per heavy atom. The number of halogens is 1. The molecule has 1 aliphatic heterocycles.